The van der Waals surface area contributed by atoms with Gasteiger partial charge >= 0.3 is 0 Å². The normalized spacial score (nSPS) is 23.6. The van der Waals surface area contributed by atoms with Crippen molar-refractivity contribution >= 4 is 23.5 Å². The molecule has 1 aromatic heterocycles. The summed E-state index contributed by atoms with van der Waals surface area (Å²) in [4.78, 5) is 54.4. The maximum atomic E-state index is 13.6. The second-order valence-corrected chi connectivity index (χ2v) is 11.3. The summed E-state index contributed by atoms with van der Waals surface area (Å²) in [5.74, 6) is -1.14. The number of aromatic nitrogens is 1. The zero-order chi connectivity index (χ0) is 28.7. The molecule has 2 aliphatic heterocycles. The van der Waals surface area contributed by atoms with Crippen LogP contribution in [-0.2, 0) is 35.1 Å². The first-order valence-electron chi connectivity index (χ1n) is 14.2. The van der Waals surface area contributed by atoms with Crippen molar-refractivity contribution in [1.29, 1.82) is 0 Å². The molecule has 0 spiro atoms. The van der Waals surface area contributed by atoms with E-state index in [9.17, 15) is 24.4 Å². The van der Waals surface area contributed by atoms with E-state index in [1.54, 1.807) is 26.0 Å². The molecule has 4 rings (SSSR count). The smallest absolute Gasteiger partial charge is 0.243 e. The largest absolute Gasteiger partial charge is 0.619 e. The lowest BCUT2D eigenvalue weighted by Gasteiger charge is -2.27. The molecule has 0 bridgehead atoms. The van der Waals surface area contributed by atoms with Crippen molar-refractivity contribution in [1.82, 2.24) is 20.9 Å². The zero-order valence-electron chi connectivity index (χ0n) is 23.4. The van der Waals surface area contributed by atoms with Gasteiger partial charge in [-0.1, -0.05) is 25.7 Å². The molecule has 3 heterocycles. The third-order valence-corrected chi connectivity index (χ3v) is 7.96. The molecule has 1 aliphatic carbocycles. The zero-order valence-corrected chi connectivity index (χ0v) is 23.4. The molecule has 0 unspecified atom stereocenters. The number of carbonyl (C=O) groups excluding carboxylic acids is 4. The van der Waals surface area contributed by atoms with Crippen molar-refractivity contribution in [2.45, 2.75) is 76.1 Å². The van der Waals surface area contributed by atoms with Gasteiger partial charge in [0.25, 0.3) is 0 Å². The van der Waals surface area contributed by atoms with E-state index in [-0.39, 0.29) is 24.7 Å². The maximum Gasteiger partial charge on any atom is 0.243 e. The fourth-order valence-electron chi connectivity index (χ4n) is 5.34. The summed E-state index contributed by atoms with van der Waals surface area (Å²) in [5.41, 5.74) is -0.233. The first kappa shape index (κ1) is 29.9. The minimum atomic E-state index is -1.03. The molecule has 1 aromatic rings. The van der Waals surface area contributed by atoms with Crippen molar-refractivity contribution in [2.24, 2.45) is 5.92 Å². The van der Waals surface area contributed by atoms with Gasteiger partial charge in [-0.3, -0.25) is 24.1 Å². The van der Waals surface area contributed by atoms with Crippen LogP contribution < -0.4 is 20.7 Å². The monoisotopic (exact) mass is 559 g/mol. The maximum absolute atomic E-state index is 13.6. The van der Waals surface area contributed by atoms with Crippen LogP contribution in [0.2, 0.25) is 0 Å². The molecule has 0 aromatic carbocycles. The Hall–Kier alpha value is -3.09. The molecule has 12 nitrogen and oxygen atoms in total. The number of Topliss-reactive ketones (excluding diaryl/α,β-unsaturated/α-hetero) is 1. The molecule has 3 N–H and O–H groups in total. The number of rotatable bonds is 13. The van der Waals surface area contributed by atoms with Crippen LogP contribution in [0.5, 0.6) is 0 Å². The van der Waals surface area contributed by atoms with E-state index in [0.29, 0.717) is 55.5 Å². The highest BCUT2D eigenvalue weighted by molar-refractivity contribution is 5.98. The number of nitrogens with one attached hydrogen (secondary N) is 3. The summed E-state index contributed by atoms with van der Waals surface area (Å²) < 4.78 is 11.3. The standard InChI is InChI=1S/C28H41N5O7/c1-19(29-24(34)17-32-11-13-39-14-12-32)26(36)31-23(16-21-7-9-33(38)10-8-21)27(37)30-22(15-20-5-3-4-6-20)25(35)28(2)18-40-28/h7-10,19-20,22-23H,3-6,11-18H2,1-2H3,(H,29,34)(H,30,37)(H,31,36)/t19-,22-,23-,28+/m0/s1. The lowest BCUT2D eigenvalue weighted by molar-refractivity contribution is -0.605. The summed E-state index contributed by atoms with van der Waals surface area (Å²) in [6.07, 6.45) is 7.50. The number of morpholine rings is 1. The first-order chi connectivity index (χ1) is 19.1. The topological polar surface area (TPSA) is 156 Å². The minimum Gasteiger partial charge on any atom is -0.619 e. The van der Waals surface area contributed by atoms with Crippen molar-refractivity contribution in [3.63, 3.8) is 0 Å². The Labute approximate surface area is 234 Å². The summed E-state index contributed by atoms with van der Waals surface area (Å²) >= 11 is 0. The molecule has 0 radical (unpaired) electrons. The van der Waals surface area contributed by atoms with E-state index in [1.165, 1.54) is 12.4 Å². The quantitative estimate of drug-likeness (QED) is 0.168. The van der Waals surface area contributed by atoms with Gasteiger partial charge in [-0.05, 0) is 31.7 Å². The Morgan fingerprint density at radius 1 is 1.05 bits per heavy atom. The van der Waals surface area contributed by atoms with Crippen LogP contribution in [0, 0.1) is 11.1 Å². The van der Waals surface area contributed by atoms with Crippen LogP contribution >= 0.6 is 0 Å². The van der Waals surface area contributed by atoms with Crippen molar-refractivity contribution in [3.05, 3.63) is 35.3 Å². The van der Waals surface area contributed by atoms with Crippen molar-refractivity contribution in [2.75, 3.05) is 39.5 Å². The fourth-order valence-corrected chi connectivity index (χ4v) is 5.34. The number of nitrogens with zero attached hydrogens (tertiary/aromatic N) is 2. The van der Waals surface area contributed by atoms with Crippen molar-refractivity contribution in [3.8, 4) is 0 Å². The molecule has 40 heavy (non-hydrogen) atoms. The molecule has 12 heteroatoms. The Kier molecular flexibility index (Phi) is 10.1. The highest BCUT2D eigenvalue weighted by Crippen LogP contribution is 2.33. The summed E-state index contributed by atoms with van der Waals surface area (Å²) in [6.45, 7) is 6.15. The minimum absolute atomic E-state index is 0.102. The summed E-state index contributed by atoms with van der Waals surface area (Å²) in [7, 11) is 0. The predicted molar refractivity (Wildman–Crippen MR) is 144 cm³/mol. The number of hydrogen-bond acceptors (Lipinski definition) is 8. The highest BCUT2D eigenvalue weighted by Gasteiger charge is 2.50. The molecular weight excluding hydrogens is 518 g/mol. The number of ketones is 1. The molecule has 3 fully saturated rings. The first-order valence-corrected chi connectivity index (χ1v) is 14.2. The number of carbonyl (C=O) groups is 4. The average Bonchev–Trinajstić information content (AvgIpc) is 3.47. The van der Waals surface area contributed by atoms with Gasteiger partial charge < -0.3 is 30.6 Å². The Balaban J connectivity index is 1.42. The van der Waals surface area contributed by atoms with Gasteiger partial charge in [0, 0.05) is 31.6 Å². The van der Waals surface area contributed by atoms with Crippen LogP contribution in [0.3, 0.4) is 0 Å². The lowest BCUT2D eigenvalue weighted by Crippen LogP contribution is -2.57. The average molecular weight is 560 g/mol. The fraction of sp³-hybridized carbons (Fsp3) is 0.679. The SMILES string of the molecule is C[C@H](NC(=O)CN1CCOCC1)C(=O)N[C@@H](Cc1cc[n+]([O-])cc1)C(=O)N[C@@H](CC1CCCC1)C(=O)[C@@]1(C)CO1. The summed E-state index contributed by atoms with van der Waals surface area (Å²) in [5, 5.41) is 19.9. The van der Waals surface area contributed by atoms with Crippen LogP contribution in [0.4, 0.5) is 0 Å². The van der Waals surface area contributed by atoms with Gasteiger partial charge in [-0.15, -0.1) is 0 Å². The molecule has 3 aliphatic rings. The van der Waals surface area contributed by atoms with Gasteiger partial charge in [0.1, 0.15) is 17.7 Å². The van der Waals surface area contributed by atoms with E-state index < -0.39 is 35.5 Å². The molecular formula is C28H41N5O7. The summed E-state index contributed by atoms with van der Waals surface area (Å²) in [6, 6.07) is 0.506. The van der Waals surface area contributed by atoms with Gasteiger partial charge in [0.15, 0.2) is 18.2 Å². The van der Waals surface area contributed by atoms with Crippen molar-refractivity contribution < 1.29 is 33.4 Å². The molecule has 2 saturated heterocycles. The Morgan fingerprint density at radius 3 is 2.30 bits per heavy atom. The van der Waals surface area contributed by atoms with E-state index >= 15 is 0 Å². The van der Waals surface area contributed by atoms with E-state index in [2.05, 4.69) is 16.0 Å². The predicted octanol–water partition coefficient (Wildman–Crippen LogP) is -0.393. The molecule has 4 atom stereocenters. The lowest BCUT2D eigenvalue weighted by atomic mass is 9.90. The second kappa shape index (κ2) is 13.5. The number of ether oxygens (including phenoxy) is 2. The van der Waals surface area contributed by atoms with Gasteiger partial charge in [-0.25, -0.2) is 0 Å². The van der Waals surface area contributed by atoms with Crippen LogP contribution in [0.1, 0.15) is 51.5 Å². The number of amides is 3. The van der Waals surface area contributed by atoms with E-state index in [0.717, 1.165) is 25.7 Å². The Bertz CT molecular complexity index is 1050. The number of pyridine rings is 1. The second-order valence-electron chi connectivity index (χ2n) is 11.3. The van der Waals surface area contributed by atoms with Crippen LogP contribution in [-0.4, -0.2) is 91.6 Å². The van der Waals surface area contributed by atoms with Crippen LogP contribution in [0.15, 0.2) is 24.5 Å². The molecule has 220 valence electrons. The van der Waals surface area contributed by atoms with Gasteiger partial charge in [-0.2, -0.15) is 4.73 Å². The third-order valence-electron chi connectivity index (χ3n) is 7.96. The van der Waals surface area contributed by atoms with Gasteiger partial charge in [0.05, 0.1) is 32.4 Å². The van der Waals surface area contributed by atoms with Crippen LogP contribution in [0.25, 0.3) is 0 Å². The number of epoxide rings is 1. The van der Waals surface area contributed by atoms with Gasteiger partial charge in [0.2, 0.25) is 17.7 Å². The Morgan fingerprint density at radius 2 is 1.68 bits per heavy atom. The van der Waals surface area contributed by atoms with E-state index in [1.807, 2.05) is 4.90 Å². The number of hydrogen-bond donors (Lipinski definition) is 3. The molecule has 3 amide bonds. The van der Waals surface area contributed by atoms with E-state index in [4.69, 9.17) is 9.47 Å². The molecule has 1 saturated carbocycles. The highest BCUT2D eigenvalue weighted by atomic mass is 16.6. The third kappa shape index (κ3) is 8.45.